The van der Waals surface area contributed by atoms with Crippen molar-refractivity contribution in [3.05, 3.63) is 34.9 Å². The molecule has 0 aromatic heterocycles. The lowest BCUT2D eigenvalue weighted by Crippen LogP contribution is -2.40. The van der Waals surface area contributed by atoms with Gasteiger partial charge in [0.05, 0.1) is 11.1 Å². The number of nitrogens with one attached hydrogen (secondary N) is 1. The Hall–Kier alpha value is -2.21. The second kappa shape index (κ2) is 8.43. The van der Waals surface area contributed by atoms with E-state index in [2.05, 4.69) is 10.2 Å². The molecule has 3 amide bonds. The molecule has 2 aliphatic heterocycles. The Labute approximate surface area is 166 Å². The van der Waals surface area contributed by atoms with Gasteiger partial charge in [0.25, 0.3) is 17.7 Å². The number of fused-ring (bicyclic) bond motifs is 1. The first-order chi connectivity index (χ1) is 13.6. The molecule has 4 rings (SSSR count). The number of carbonyl (C=O) groups excluding carboxylic acids is 3. The number of carbonyl (C=O) groups is 3. The summed E-state index contributed by atoms with van der Waals surface area (Å²) in [7, 11) is 0. The highest BCUT2D eigenvalue weighted by Crippen LogP contribution is 2.31. The Morgan fingerprint density at radius 2 is 1.61 bits per heavy atom. The maximum atomic E-state index is 12.9. The van der Waals surface area contributed by atoms with Gasteiger partial charge in [-0.2, -0.15) is 0 Å². The van der Waals surface area contributed by atoms with Gasteiger partial charge in [0, 0.05) is 24.7 Å². The Morgan fingerprint density at radius 3 is 2.36 bits per heavy atom. The van der Waals surface area contributed by atoms with Crippen molar-refractivity contribution in [2.45, 2.75) is 57.4 Å². The first-order valence-corrected chi connectivity index (χ1v) is 10.7. The van der Waals surface area contributed by atoms with E-state index in [0.29, 0.717) is 23.2 Å². The van der Waals surface area contributed by atoms with Crippen LogP contribution in [0.25, 0.3) is 0 Å². The van der Waals surface area contributed by atoms with Crippen molar-refractivity contribution in [2.24, 2.45) is 0 Å². The van der Waals surface area contributed by atoms with Crippen LogP contribution in [0.2, 0.25) is 0 Å². The maximum Gasteiger partial charge on any atom is 0.261 e. The van der Waals surface area contributed by atoms with Gasteiger partial charge in [0.2, 0.25) is 0 Å². The topological polar surface area (TPSA) is 69.7 Å². The predicted octanol–water partition coefficient (Wildman–Crippen LogP) is 2.83. The number of hydrogen-bond donors (Lipinski definition) is 1. The third kappa shape index (κ3) is 3.83. The standard InChI is InChI=1S/C22H29N3O3/c26-20(23-11-14-24-12-5-2-6-13-24)16-9-10-18-19(15-16)22(28)25(21(18)27)17-7-3-1-4-8-17/h9-10,15,17H,1-8,11-14H2,(H,23,26). The Morgan fingerprint density at radius 1 is 0.929 bits per heavy atom. The fourth-order valence-electron chi connectivity index (χ4n) is 4.68. The van der Waals surface area contributed by atoms with E-state index in [9.17, 15) is 14.4 Å². The molecule has 0 radical (unpaired) electrons. The monoisotopic (exact) mass is 383 g/mol. The van der Waals surface area contributed by atoms with Crippen molar-refractivity contribution in [1.29, 1.82) is 0 Å². The summed E-state index contributed by atoms with van der Waals surface area (Å²) in [6.45, 7) is 3.64. The van der Waals surface area contributed by atoms with Gasteiger partial charge >= 0.3 is 0 Å². The van der Waals surface area contributed by atoms with Crippen LogP contribution >= 0.6 is 0 Å². The van der Waals surface area contributed by atoms with E-state index < -0.39 is 0 Å². The molecule has 1 aromatic rings. The summed E-state index contributed by atoms with van der Waals surface area (Å²) in [6, 6.07) is 4.89. The molecule has 1 aromatic carbocycles. The Bertz CT molecular complexity index is 764. The molecule has 0 bridgehead atoms. The van der Waals surface area contributed by atoms with Gasteiger partial charge in [-0.1, -0.05) is 25.7 Å². The van der Waals surface area contributed by atoms with E-state index in [-0.39, 0.29) is 23.8 Å². The zero-order chi connectivity index (χ0) is 19.5. The van der Waals surface area contributed by atoms with Gasteiger partial charge in [0.15, 0.2) is 0 Å². The summed E-state index contributed by atoms with van der Waals surface area (Å²) in [6.07, 6.45) is 8.80. The molecule has 6 nitrogen and oxygen atoms in total. The maximum absolute atomic E-state index is 12.9. The molecule has 150 valence electrons. The lowest BCUT2D eigenvalue weighted by atomic mass is 9.94. The predicted molar refractivity (Wildman–Crippen MR) is 106 cm³/mol. The molecule has 0 unspecified atom stereocenters. The van der Waals surface area contributed by atoms with Crippen LogP contribution in [-0.2, 0) is 0 Å². The lowest BCUT2D eigenvalue weighted by Gasteiger charge is -2.29. The second-order valence-electron chi connectivity index (χ2n) is 8.19. The zero-order valence-corrected chi connectivity index (χ0v) is 16.4. The van der Waals surface area contributed by atoms with Gasteiger partial charge in [0.1, 0.15) is 0 Å². The highest BCUT2D eigenvalue weighted by Gasteiger charge is 2.40. The van der Waals surface area contributed by atoms with Gasteiger partial charge in [-0.05, 0) is 57.0 Å². The Kier molecular flexibility index (Phi) is 5.76. The molecule has 0 atom stereocenters. The minimum atomic E-state index is -0.241. The minimum Gasteiger partial charge on any atom is -0.351 e. The summed E-state index contributed by atoms with van der Waals surface area (Å²) in [5, 5.41) is 2.95. The number of nitrogens with zero attached hydrogens (tertiary/aromatic N) is 2. The normalized spacial score (nSPS) is 21.1. The number of piperidine rings is 1. The van der Waals surface area contributed by atoms with Gasteiger partial charge in [-0.3, -0.25) is 19.3 Å². The van der Waals surface area contributed by atoms with E-state index in [1.54, 1.807) is 18.2 Å². The first-order valence-electron chi connectivity index (χ1n) is 10.7. The molecule has 1 aliphatic carbocycles. The molecule has 1 saturated carbocycles. The molecular formula is C22H29N3O3. The van der Waals surface area contributed by atoms with Crippen molar-refractivity contribution in [3.63, 3.8) is 0 Å². The molecule has 28 heavy (non-hydrogen) atoms. The van der Waals surface area contributed by atoms with Crippen LogP contribution < -0.4 is 5.32 Å². The zero-order valence-electron chi connectivity index (χ0n) is 16.4. The van der Waals surface area contributed by atoms with Crippen LogP contribution in [0, 0.1) is 0 Å². The third-order valence-electron chi connectivity index (χ3n) is 6.28. The van der Waals surface area contributed by atoms with Gasteiger partial charge in [-0.15, -0.1) is 0 Å². The third-order valence-corrected chi connectivity index (χ3v) is 6.28. The van der Waals surface area contributed by atoms with Crippen LogP contribution in [0.3, 0.4) is 0 Å². The molecule has 1 saturated heterocycles. The summed E-state index contributed by atoms with van der Waals surface area (Å²) < 4.78 is 0. The molecule has 2 fully saturated rings. The second-order valence-corrected chi connectivity index (χ2v) is 8.19. The molecular weight excluding hydrogens is 354 g/mol. The number of hydrogen-bond acceptors (Lipinski definition) is 4. The first kappa shape index (κ1) is 19.1. The van der Waals surface area contributed by atoms with Crippen LogP contribution in [0.4, 0.5) is 0 Å². The quantitative estimate of drug-likeness (QED) is 0.794. The summed E-state index contributed by atoms with van der Waals surface area (Å²) in [5.41, 5.74) is 1.25. The molecule has 0 spiro atoms. The van der Waals surface area contributed by atoms with E-state index >= 15 is 0 Å². The van der Waals surface area contributed by atoms with E-state index in [1.807, 2.05) is 0 Å². The van der Waals surface area contributed by atoms with Crippen LogP contribution in [0.1, 0.15) is 82.4 Å². The van der Waals surface area contributed by atoms with Crippen LogP contribution in [0.15, 0.2) is 18.2 Å². The summed E-state index contributed by atoms with van der Waals surface area (Å²) >= 11 is 0. The van der Waals surface area contributed by atoms with Crippen molar-refractivity contribution < 1.29 is 14.4 Å². The minimum absolute atomic E-state index is 0.00275. The van der Waals surface area contributed by atoms with E-state index in [0.717, 1.165) is 45.3 Å². The number of likely N-dealkylation sites (tertiary alicyclic amines) is 1. The molecule has 3 aliphatic rings. The average Bonchev–Trinajstić information content (AvgIpc) is 2.99. The summed E-state index contributed by atoms with van der Waals surface area (Å²) in [5.74, 6) is -0.630. The fourth-order valence-corrected chi connectivity index (χ4v) is 4.68. The van der Waals surface area contributed by atoms with Gasteiger partial charge < -0.3 is 10.2 Å². The molecule has 6 heteroatoms. The van der Waals surface area contributed by atoms with Crippen LogP contribution in [-0.4, -0.2) is 59.7 Å². The smallest absolute Gasteiger partial charge is 0.261 e. The fraction of sp³-hybridized carbons (Fsp3) is 0.591. The molecule has 2 heterocycles. The lowest BCUT2D eigenvalue weighted by molar-refractivity contribution is 0.0549. The average molecular weight is 383 g/mol. The number of benzene rings is 1. The van der Waals surface area contributed by atoms with E-state index in [1.165, 1.54) is 30.6 Å². The Balaban J connectivity index is 1.40. The van der Waals surface area contributed by atoms with E-state index in [4.69, 9.17) is 0 Å². The largest absolute Gasteiger partial charge is 0.351 e. The number of rotatable bonds is 5. The summed E-state index contributed by atoms with van der Waals surface area (Å²) in [4.78, 5) is 41.9. The van der Waals surface area contributed by atoms with Gasteiger partial charge in [-0.25, -0.2) is 0 Å². The highest BCUT2D eigenvalue weighted by molar-refractivity contribution is 6.22. The van der Waals surface area contributed by atoms with Crippen molar-refractivity contribution in [2.75, 3.05) is 26.2 Å². The SMILES string of the molecule is O=C(NCCN1CCCCC1)c1ccc2c(c1)C(=O)N(C1CCCCC1)C2=O. The van der Waals surface area contributed by atoms with Crippen molar-refractivity contribution in [3.8, 4) is 0 Å². The van der Waals surface area contributed by atoms with Crippen molar-refractivity contribution >= 4 is 17.7 Å². The highest BCUT2D eigenvalue weighted by atomic mass is 16.2. The molecule has 1 N–H and O–H groups in total. The van der Waals surface area contributed by atoms with Crippen LogP contribution in [0.5, 0.6) is 0 Å². The number of imide groups is 1. The van der Waals surface area contributed by atoms with Crippen molar-refractivity contribution in [1.82, 2.24) is 15.1 Å². The number of amides is 3.